The molecule has 0 aromatic carbocycles. The predicted octanol–water partition coefficient (Wildman–Crippen LogP) is 2.25. The lowest BCUT2D eigenvalue weighted by Gasteiger charge is -2.40. The molecular formula is C13H26N2. The normalized spacial score (nSPS) is 35.6. The number of likely N-dealkylation sites (tertiary alicyclic amines) is 1. The van der Waals surface area contributed by atoms with E-state index < -0.39 is 0 Å². The molecule has 2 aliphatic rings. The molecule has 2 nitrogen and oxygen atoms in total. The van der Waals surface area contributed by atoms with Crippen molar-refractivity contribution in [1.29, 1.82) is 0 Å². The van der Waals surface area contributed by atoms with Crippen molar-refractivity contribution in [2.24, 2.45) is 5.92 Å². The van der Waals surface area contributed by atoms with Crippen molar-refractivity contribution in [3.8, 4) is 0 Å². The van der Waals surface area contributed by atoms with E-state index in [1.54, 1.807) is 0 Å². The molecule has 1 N–H and O–H groups in total. The van der Waals surface area contributed by atoms with Crippen molar-refractivity contribution < 1.29 is 0 Å². The summed E-state index contributed by atoms with van der Waals surface area (Å²) in [6, 6.07) is 1.70. The highest BCUT2D eigenvalue weighted by molar-refractivity contribution is 4.84. The van der Waals surface area contributed by atoms with Crippen LogP contribution in [-0.4, -0.2) is 37.1 Å². The highest BCUT2D eigenvalue weighted by Gasteiger charge is 2.27. The van der Waals surface area contributed by atoms with Gasteiger partial charge in [0.05, 0.1) is 0 Å². The zero-order chi connectivity index (χ0) is 10.7. The molecule has 2 rings (SSSR count). The summed E-state index contributed by atoms with van der Waals surface area (Å²) in [4.78, 5) is 2.76. The molecule has 0 aromatic heterocycles. The van der Waals surface area contributed by atoms with Gasteiger partial charge in [0.1, 0.15) is 0 Å². The van der Waals surface area contributed by atoms with Crippen molar-refractivity contribution in [3.05, 3.63) is 0 Å². The highest BCUT2D eigenvalue weighted by atomic mass is 15.2. The van der Waals surface area contributed by atoms with Gasteiger partial charge in [0.15, 0.2) is 0 Å². The van der Waals surface area contributed by atoms with E-state index in [1.807, 2.05) is 0 Å². The van der Waals surface area contributed by atoms with Gasteiger partial charge in [-0.2, -0.15) is 0 Å². The summed E-state index contributed by atoms with van der Waals surface area (Å²) in [5.74, 6) is 0.967. The average Bonchev–Trinajstić information content (AvgIpc) is 2.30. The maximum absolute atomic E-state index is 3.42. The van der Waals surface area contributed by atoms with E-state index in [0.29, 0.717) is 0 Å². The van der Waals surface area contributed by atoms with E-state index in [2.05, 4.69) is 24.2 Å². The topological polar surface area (TPSA) is 15.3 Å². The van der Waals surface area contributed by atoms with Crippen LogP contribution in [0.1, 0.15) is 45.4 Å². The molecule has 15 heavy (non-hydrogen) atoms. The minimum atomic E-state index is 0.796. The summed E-state index contributed by atoms with van der Waals surface area (Å²) in [6.45, 7) is 5.11. The summed E-state index contributed by atoms with van der Waals surface area (Å²) < 4.78 is 0. The van der Waals surface area contributed by atoms with Crippen LogP contribution in [0.4, 0.5) is 0 Å². The third kappa shape index (κ3) is 2.94. The number of nitrogens with zero attached hydrogens (tertiary/aromatic N) is 1. The van der Waals surface area contributed by atoms with Crippen molar-refractivity contribution in [3.63, 3.8) is 0 Å². The first-order valence-electron chi connectivity index (χ1n) is 6.71. The molecule has 2 heteroatoms. The van der Waals surface area contributed by atoms with Gasteiger partial charge in [-0.3, -0.25) is 0 Å². The van der Waals surface area contributed by atoms with Crippen molar-refractivity contribution in [2.45, 2.75) is 57.5 Å². The summed E-state index contributed by atoms with van der Waals surface area (Å²) in [5.41, 5.74) is 0. The van der Waals surface area contributed by atoms with Crippen LogP contribution in [-0.2, 0) is 0 Å². The smallest absolute Gasteiger partial charge is 0.00964 e. The first kappa shape index (κ1) is 11.4. The second kappa shape index (κ2) is 5.31. The van der Waals surface area contributed by atoms with E-state index in [-0.39, 0.29) is 0 Å². The number of hydrogen-bond donors (Lipinski definition) is 1. The van der Waals surface area contributed by atoms with Crippen molar-refractivity contribution >= 4 is 0 Å². The molecule has 0 radical (unpaired) electrons. The van der Waals surface area contributed by atoms with Crippen LogP contribution in [0.2, 0.25) is 0 Å². The minimum absolute atomic E-state index is 0.796. The Labute approximate surface area is 94.4 Å². The fourth-order valence-corrected chi connectivity index (χ4v) is 3.12. The molecule has 2 fully saturated rings. The quantitative estimate of drug-likeness (QED) is 0.752. The maximum atomic E-state index is 3.42. The van der Waals surface area contributed by atoms with Gasteiger partial charge in [0, 0.05) is 12.1 Å². The van der Waals surface area contributed by atoms with Crippen molar-refractivity contribution in [2.75, 3.05) is 20.1 Å². The maximum Gasteiger partial charge on any atom is 0.00964 e. The predicted molar refractivity (Wildman–Crippen MR) is 65.1 cm³/mol. The van der Waals surface area contributed by atoms with Crippen LogP contribution >= 0.6 is 0 Å². The van der Waals surface area contributed by atoms with Gasteiger partial charge in [-0.05, 0) is 64.6 Å². The lowest BCUT2D eigenvalue weighted by molar-refractivity contribution is 0.104. The molecule has 0 spiro atoms. The fourth-order valence-electron chi connectivity index (χ4n) is 3.12. The van der Waals surface area contributed by atoms with E-state index in [4.69, 9.17) is 0 Å². The molecule has 0 amide bonds. The Kier molecular flexibility index (Phi) is 4.04. The first-order valence-corrected chi connectivity index (χ1v) is 6.71. The van der Waals surface area contributed by atoms with E-state index in [9.17, 15) is 0 Å². The van der Waals surface area contributed by atoms with Gasteiger partial charge in [-0.1, -0.05) is 6.92 Å². The zero-order valence-corrected chi connectivity index (χ0v) is 10.3. The lowest BCUT2D eigenvalue weighted by Crippen LogP contribution is -2.45. The summed E-state index contributed by atoms with van der Waals surface area (Å²) in [7, 11) is 2.10. The number of nitrogens with one attached hydrogen (secondary N) is 1. The zero-order valence-electron chi connectivity index (χ0n) is 10.3. The monoisotopic (exact) mass is 210 g/mol. The Morgan fingerprint density at radius 2 is 1.53 bits per heavy atom. The largest absolute Gasteiger partial charge is 0.317 e. The number of rotatable bonds is 2. The third-order valence-corrected chi connectivity index (χ3v) is 4.44. The number of hydrogen-bond acceptors (Lipinski definition) is 2. The molecule has 0 bridgehead atoms. The van der Waals surface area contributed by atoms with Gasteiger partial charge in [0.25, 0.3) is 0 Å². The van der Waals surface area contributed by atoms with Gasteiger partial charge < -0.3 is 10.2 Å². The van der Waals surface area contributed by atoms with Gasteiger partial charge in [-0.25, -0.2) is 0 Å². The standard InChI is InChI=1S/C13H26N2/c1-11-7-9-15(10-8-11)13-5-3-12(14-2)4-6-13/h11-14H,3-10H2,1-2H3. The molecule has 1 heterocycles. The molecule has 1 aliphatic carbocycles. The molecular weight excluding hydrogens is 184 g/mol. The second-order valence-electron chi connectivity index (χ2n) is 5.51. The fraction of sp³-hybridized carbons (Fsp3) is 1.00. The molecule has 1 saturated carbocycles. The Bertz CT molecular complexity index is 177. The second-order valence-corrected chi connectivity index (χ2v) is 5.51. The van der Waals surface area contributed by atoms with Gasteiger partial charge in [-0.15, -0.1) is 0 Å². The lowest BCUT2D eigenvalue weighted by atomic mass is 9.88. The Morgan fingerprint density at radius 3 is 2.07 bits per heavy atom. The van der Waals surface area contributed by atoms with Crippen LogP contribution in [0.15, 0.2) is 0 Å². The third-order valence-electron chi connectivity index (χ3n) is 4.44. The van der Waals surface area contributed by atoms with Crippen LogP contribution in [0.25, 0.3) is 0 Å². The molecule has 88 valence electrons. The number of piperidine rings is 1. The highest BCUT2D eigenvalue weighted by Crippen LogP contribution is 2.26. The summed E-state index contributed by atoms with van der Waals surface area (Å²) in [5, 5.41) is 3.42. The van der Waals surface area contributed by atoms with E-state index >= 15 is 0 Å². The molecule has 0 unspecified atom stereocenters. The van der Waals surface area contributed by atoms with Gasteiger partial charge >= 0.3 is 0 Å². The van der Waals surface area contributed by atoms with Crippen molar-refractivity contribution in [1.82, 2.24) is 10.2 Å². The molecule has 1 aliphatic heterocycles. The summed E-state index contributed by atoms with van der Waals surface area (Å²) in [6.07, 6.45) is 8.44. The van der Waals surface area contributed by atoms with E-state index in [0.717, 1.165) is 18.0 Å². The van der Waals surface area contributed by atoms with E-state index in [1.165, 1.54) is 51.6 Å². The van der Waals surface area contributed by atoms with Crippen LogP contribution in [0, 0.1) is 5.92 Å². The Morgan fingerprint density at radius 1 is 0.933 bits per heavy atom. The molecule has 0 atom stereocenters. The first-order chi connectivity index (χ1) is 7.29. The van der Waals surface area contributed by atoms with Crippen LogP contribution < -0.4 is 5.32 Å². The SMILES string of the molecule is CNC1CCC(N2CCC(C)CC2)CC1. The van der Waals surface area contributed by atoms with Crippen LogP contribution in [0.5, 0.6) is 0 Å². The average molecular weight is 210 g/mol. The minimum Gasteiger partial charge on any atom is -0.317 e. The van der Waals surface area contributed by atoms with Crippen LogP contribution in [0.3, 0.4) is 0 Å². The molecule has 1 saturated heterocycles. The Balaban J connectivity index is 1.75. The molecule has 0 aromatic rings. The summed E-state index contributed by atoms with van der Waals surface area (Å²) >= 11 is 0. The van der Waals surface area contributed by atoms with Gasteiger partial charge in [0.2, 0.25) is 0 Å². The Hall–Kier alpha value is -0.0800.